The number of furan rings is 1. The highest BCUT2D eigenvalue weighted by molar-refractivity contribution is 6.23. The quantitative estimate of drug-likeness (QED) is 0.185. The standard InChI is InChI=1S/C46H28O/c1-2-13-29(14-3-1)43-35-19-8-10-21-37(35)44(38-22-11-9-20-36(38)43)32-25-26-42-41(28-32)39-23-12-24-40(46(39)47-42)45-33-17-6-4-15-30(33)27-31-16-5-7-18-34(31)45/h1-28H/i27D. The van der Waals surface area contributed by atoms with E-state index >= 15 is 0 Å². The van der Waals surface area contributed by atoms with E-state index in [2.05, 4.69) is 152 Å². The zero-order chi connectivity index (χ0) is 31.8. The predicted molar refractivity (Wildman–Crippen MR) is 200 cm³/mol. The second-order valence-electron chi connectivity index (χ2n) is 12.3. The van der Waals surface area contributed by atoms with Gasteiger partial charge in [0.2, 0.25) is 0 Å². The molecule has 218 valence electrons. The smallest absolute Gasteiger partial charge is 0.143 e. The van der Waals surface area contributed by atoms with Crippen molar-refractivity contribution in [3.63, 3.8) is 0 Å². The van der Waals surface area contributed by atoms with Gasteiger partial charge in [-0.2, -0.15) is 0 Å². The summed E-state index contributed by atoms with van der Waals surface area (Å²) in [6, 6.07) is 58.5. The molecule has 1 nitrogen and oxygen atoms in total. The first-order valence-corrected chi connectivity index (χ1v) is 16.1. The Labute approximate surface area is 273 Å². The fourth-order valence-corrected chi connectivity index (χ4v) is 7.71. The molecular weight excluding hydrogens is 569 g/mol. The van der Waals surface area contributed by atoms with Crippen LogP contribution in [0.15, 0.2) is 174 Å². The van der Waals surface area contributed by atoms with E-state index in [9.17, 15) is 0 Å². The first-order valence-electron chi connectivity index (χ1n) is 16.6. The third-order valence-corrected chi connectivity index (χ3v) is 9.71. The van der Waals surface area contributed by atoms with Crippen molar-refractivity contribution in [1.82, 2.24) is 0 Å². The van der Waals surface area contributed by atoms with Gasteiger partial charge in [-0.3, -0.25) is 0 Å². The van der Waals surface area contributed by atoms with E-state index in [1.807, 2.05) is 12.1 Å². The molecule has 1 aromatic heterocycles. The highest BCUT2D eigenvalue weighted by Gasteiger charge is 2.20. The minimum Gasteiger partial charge on any atom is -0.455 e. The summed E-state index contributed by atoms with van der Waals surface area (Å²) in [6.07, 6.45) is 0. The van der Waals surface area contributed by atoms with Gasteiger partial charge in [-0.05, 0) is 83.5 Å². The van der Waals surface area contributed by atoms with Gasteiger partial charge >= 0.3 is 0 Å². The van der Waals surface area contributed by atoms with Gasteiger partial charge in [0.05, 0.1) is 1.37 Å². The summed E-state index contributed by atoms with van der Waals surface area (Å²) in [5.74, 6) is 0. The van der Waals surface area contributed by atoms with Crippen molar-refractivity contribution in [1.29, 1.82) is 0 Å². The maximum atomic E-state index is 9.00. The van der Waals surface area contributed by atoms with Crippen LogP contribution in [0.3, 0.4) is 0 Å². The number of para-hydroxylation sites is 1. The van der Waals surface area contributed by atoms with Crippen LogP contribution in [0.4, 0.5) is 0 Å². The van der Waals surface area contributed by atoms with Crippen molar-refractivity contribution >= 4 is 65.0 Å². The van der Waals surface area contributed by atoms with E-state index in [1.165, 1.54) is 38.2 Å². The lowest BCUT2D eigenvalue weighted by Crippen LogP contribution is -1.90. The lowest BCUT2D eigenvalue weighted by molar-refractivity contribution is 0.670. The summed E-state index contributed by atoms with van der Waals surface area (Å²) in [6.45, 7) is 0. The minimum absolute atomic E-state index is 0.559. The van der Waals surface area contributed by atoms with Crippen LogP contribution in [0.1, 0.15) is 1.37 Å². The molecule has 0 atom stereocenters. The molecule has 0 N–H and O–H groups in total. The zero-order valence-electron chi connectivity index (χ0n) is 26.5. The Bertz CT molecular complexity index is 2780. The molecule has 1 heteroatoms. The Morgan fingerprint density at radius 3 is 1.49 bits per heavy atom. The maximum Gasteiger partial charge on any atom is 0.143 e. The third-order valence-electron chi connectivity index (χ3n) is 9.71. The monoisotopic (exact) mass is 597 g/mol. The van der Waals surface area contributed by atoms with Crippen molar-refractivity contribution < 1.29 is 5.79 Å². The van der Waals surface area contributed by atoms with Crippen LogP contribution in [0, 0.1) is 0 Å². The van der Waals surface area contributed by atoms with Crippen LogP contribution >= 0.6 is 0 Å². The molecular formula is C46H28O. The van der Waals surface area contributed by atoms with E-state index in [0.29, 0.717) is 6.04 Å². The molecule has 0 saturated carbocycles. The van der Waals surface area contributed by atoms with Gasteiger partial charge in [-0.1, -0.05) is 152 Å². The van der Waals surface area contributed by atoms with E-state index in [0.717, 1.165) is 60.2 Å². The average molecular weight is 598 g/mol. The molecule has 0 radical (unpaired) electrons. The van der Waals surface area contributed by atoms with E-state index in [-0.39, 0.29) is 0 Å². The van der Waals surface area contributed by atoms with Crippen molar-refractivity contribution in [3.8, 4) is 33.4 Å². The van der Waals surface area contributed by atoms with E-state index in [1.54, 1.807) is 0 Å². The predicted octanol–water partition coefficient (Wildman–Crippen LogP) is 13.2. The minimum atomic E-state index is 0.559. The first-order chi connectivity index (χ1) is 23.8. The Balaban J connectivity index is 1.26. The van der Waals surface area contributed by atoms with Crippen LogP contribution in [0.5, 0.6) is 0 Å². The van der Waals surface area contributed by atoms with E-state index < -0.39 is 0 Å². The fourth-order valence-electron chi connectivity index (χ4n) is 7.71. The summed E-state index contributed by atoms with van der Waals surface area (Å²) in [5.41, 5.74) is 8.76. The van der Waals surface area contributed by atoms with Crippen LogP contribution in [0.25, 0.3) is 98.4 Å². The zero-order valence-corrected chi connectivity index (χ0v) is 25.5. The fraction of sp³-hybridized carbons (Fsp3) is 0. The summed E-state index contributed by atoms with van der Waals surface area (Å²) in [7, 11) is 0. The van der Waals surface area contributed by atoms with Gasteiger partial charge in [-0.15, -0.1) is 0 Å². The van der Waals surface area contributed by atoms with Crippen molar-refractivity contribution in [3.05, 3.63) is 170 Å². The lowest BCUT2D eigenvalue weighted by atomic mass is 9.86. The number of rotatable bonds is 3. The number of hydrogen-bond acceptors (Lipinski definition) is 1. The molecule has 0 spiro atoms. The van der Waals surface area contributed by atoms with Crippen LogP contribution in [-0.4, -0.2) is 0 Å². The molecule has 10 aromatic rings. The molecule has 1 heterocycles. The van der Waals surface area contributed by atoms with Crippen molar-refractivity contribution in [2.75, 3.05) is 0 Å². The number of hydrogen-bond donors (Lipinski definition) is 0. The molecule has 0 unspecified atom stereocenters. The topological polar surface area (TPSA) is 13.1 Å². The Kier molecular flexibility index (Phi) is 5.42. The molecule has 0 aliphatic rings. The van der Waals surface area contributed by atoms with Gasteiger partial charge < -0.3 is 4.42 Å². The second-order valence-corrected chi connectivity index (χ2v) is 12.3. The largest absolute Gasteiger partial charge is 0.455 e. The number of benzene rings is 9. The molecule has 0 aliphatic carbocycles. The third kappa shape index (κ3) is 3.90. The molecule has 10 rings (SSSR count). The summed E-state index contributed by atoms with van der Waals surface area (Å²) in [5, 5.41) is 11.1. The van der Waals surface area contributed by atoms with Crippen LogP contribution < -0.4 is 0 Å². The van der Waals surface area contributed by atoms with Gasteiger partial charge in [0.25, 0.3) is 0 Å². The summed E-state index contributed by atoms with van der Waals surface area (Å²) in [4.78, 5) is 0. The molecule has 0 bridgehead atoms. The Hall–Kier alpha value is -6.18. The van der Waals surface area contributed by atoms with Gasteiger partial charge in [-0.25, -0.2) is 0 Å². The average Bonchev–Trinajstić information content (AvgIpc) is 3.53. The first kappa shape index (κ1) is 25.1. The van der Waals surface area contributed by atoms with Crippen molar-refractivity contribution in [2.24, 2.45) is 0 Å². The molecule has 0 aliphatic heterocycles. The highest BCUT2D eigenvalue weighted by atomic mass is 16.3. The van der Waals surface area contributed by atoms with Gasteiger partial charge in [0, 0.05) is 21.9 Å². The molecule has 0 fully saturated rings. The molecule has 0 amide bonds. The summed E-state index contributed by atoms with van der Waals surface area (Å²) < 4.78 is 15.8. The Morgan fingerprint density at radius 1 is 0.362 bits per heavy atom. The SMILES string of the molecule is [2H]c1c2ccccc2c(-c2cccc3c2oc2ccc(-c4c5ccccc5c(-c5ccccc5)c5ccccc45)cc23)c2ccccc12. The van der Waals surface area contributed by atoms with Crippen LogP contribution in [-0.2, 0) is 0 Å². The number of fused-ring (bicyclic) bond motifs is 7. The summed E-state index contributed by atoms with van der Waals surface area (Å²) >= 11 is 0. The lowest BCUT2D eigenvalue weighted by Gasteiger charge is -2.17. The highest BCUT2D eigenvalue weighted by Crippen LogP contribution is 2.46. The molecule has 0 saturated heterocycles. The molecule has 47 heavy (non-hydrogen) atoms. The second kappa shape index (κ2) is 10.2. The normalized spacial score (nSPS) is 12.1. The van der Waals surface area contributed by atoms with Crippen molar-refractivity contribution in [2.45, 2.75) is 0 Å². The van der Waals surface area contributed by atoms with Gasteiger partial charge in [0.15, 0.2) is 0 Å². The maximum absolute atomic E-state index is 9.00. The van der Waals surface area contributed by atoms with Crippen LogP contribution in [0.2, 0.25) is 0 Å². The van der Waals surface area contributed by atoms with E-state index in [4.69, 9.17) is 5.79 Å². The van der Waals surface area contributed by atoms with Gasteiger partial charge in [0.1, 0.15) is 11.2 Å². The Morgan fingerprint density at radius 2 is 0.872 bits per heavy atom. The molecule has 9 aromatic carbocycles.